The Labute approximate surface area is 123 Å². The highest BCUT2D eigenvalue weighted by molar-refractivity contribution is 5.19. The van der Waals surface area contributed by atoms with Crippen LogP contribution in [0.4, 0.5) is 0 Å². The van der Waals surface area contributed by atoms with E-state index in [-0.39, 0.29) is 12.1 Å². The Morgan fingerprint density at radius 1 is 1.15 bits per heavy atom. The van der Waals surface area contributed by atoms with Crippen molar-refractivity contribution in [2.24, 2.45) is 17.6 Å². The van der Waals surface area contributed by atoms with E-state index in [0.717, 1.165) is 12.5 Å². The summed E-state index contributed by atoms with van der Waals surface area (Å²) < 4.78 is 6.01. The fourth-order valence-electron chi connectivity index (χ4n) is 3.73. The van der Waals surface area contributed by atoms with E-state index >= 15 is 0 Å². The molecule has 2 nitrogen and oxygen atoms in total. The molecule has 1 aliphatic carbocycles. The average molecular weight is 275 g/mol. The van der Waals surface area contributed by atoms with Crippen molar-refractivity contribution < 1.29 is 4.74 Å². The summed E-state index contributed by atoms with van der Waals surface area (Å²) in [5.74, 6) is 1.37. The molecule has 1 aliphatic rings. The average Bonchev–Trinajstić information content (AvgIpc) is 2.52. The van der Waals surface area contributed by atoms with Crippen molar-refractivity contribution in [1.82, 2.24) is 0 Å². The summed E-state index contributed by atoms with van der Waals surface area (Å²) in [5.41, 5.74) is 7.88. The Morgan fingerprint density at radius 2 is 1.85 bits per heavy atom. The molecule has 4 atom stereocenters. The lowest BCUT2D eigenvalue weighted by Gasteiger charge is -2.38. The van der Waals surface area contributed by atoms with Crippen LogP contribution in [0.5, 0.6) is 0 Å². The number of benzene rings is 1. The normalized spacial score (nSPS) is 26.1. The van der Waals surface area contributed by atoms with Crippen LogP contribution < -0.4 is 5.73 Å². The first-order chi connectivity index (χ1) is 9.77. The third kappa shape index (κ3) is 3.62. The van der Waals surface area contributed by atoms with Crippen LogP contribution in [0.2, 0.25) is 0 Å². The molecule has 0 aliphatic heterocycles. The highest BCUT2D eigenvalue weighted by Gasteiger charge is 2.34. The molecule has 2 heteroatoms. The third-order valence-electron chi connectivity index (χ3n) is 4.81. The highest BCUT2D eigenvalue weighted by Crippen LogP contribution is 2.38. The monoisotopic (exact) mass is 275 g/mol. The molecule has 0 saturated heterocycles. The van der Waals surface area contributed by atoms with Crippen molar-refractivity contribution in [2.45, 2.75) is 58.1 Å². The number of nitrogens with two attached hydrogens (primary N) is 1. The van der Waals surface area contributed by atoms with Crippen molar-refractivity contribution in [3.05, 3.63) is 35.9 Å². The van der Waals surface area contributed by atoms with Gasteiger partial charge in [0.1, 0.15) is 0 Å². The molecule has 0 spiro atoms. The lowest BCUT2D eigenvalue weighted by molar-refractivity contribution is 0.0105. The van der Waals surface area contributed by atoms with Crippen LogP contribution in [0, 0.1) is 11.8 Å². The van der Waals surface area contributed by atoms with Crippen molar-refractivity contribution in [3.8, 4) is 0 Å². The summed E-state index contributed by atoms with van der Waals surface area (Å²) in [6.45, 7) is 5.07. The summed E-state index contributed by atoms with van der Waals surface area (Å²) in [7, 11) is 0. The van der Waals surface area contributed by atoms with Gasteiger partial charge in [0.05, 0.1) is 6.10 Å². The fourth-order valence-corrected chi connectivity index (χ4v) is 3.73. The maximum absolute atomic E-state index is 6.65. The van der Waals surface area contributed by atoms with Crippen LogP contribution in [-0.2, 0) is 4.74 Å². The van der Waals surface area contributed by atoms with Gasteiger partial charge in [-0.15, -0.1) is 0 Å². The first-order valence-corrected chi connectivity index (χ1v) is 8.20. The van der Waals surface area contributed by atoms with Crippen LogP contribution in [0.3, 0.4) is 0 Å². The molecule has 0 bridgehead atoms. The minimum Gasteiger partial charge on any atom is -0.372 e. The molecule has 1 aromatic carbocycles. The molecule has 1 saturated carbocycles. The molecular weight excluding hydrogens is 246 g/mol. The number of hydrogen-bond donors (Lipinski definition) is 1. The first-order valence-electron chi connectivity index (χ1n) is 8.20. The van der Waals surface area contributed by atoms with Gasteiger partial charge in [-0.25, -0.2) is 0 Å². The summed E-state index contributed by atoms with van der Waals surface area (Å²) in [6, 6.07) is 10.6. The van der Waals surface area contributed by atoms with Gasteiger partial charge in [0.15, 0.2) is 0 Å². The Kier molecular flexibility index (Phi) is 6.06. The summed E-state index contributed by atoms with van der Waals surface area (Å²) in [6.07, 6.45) is 6.57. The van der Waals surface area contributed by atoms with Gasteiger partial charge in [0.2, 0.25) is 0 Å². The van der Waals surface area contributed by atoms with Crippen LogP contribution >= 0.6 is 0 Å². The quantitative estimate of drug-likeness (QED) is 0.839. The van der Waals surface area contributed by atoms with Gasteiger partial charge in [-0.1, -0.05) is 62.9 Å². The van der Waals surface area contributed by atoms with Crippen LogP contribution in [0.1, 0.15) is 57.6 Å². The molecule has 112 valence electrons. The molecule has 0 heterocycles. The second kappa shape index (κ2) is 7.80. The van der Waals surface area contributed by atoms with E-state index in [0.29, 0.717) is 5.92 Å². The maximum atomic E-state index is 6.65. The fraction of sp³-hybridized carbons (Fsp3) is 0.667. The zero-order valence-electron chi connectivity index (χ0n) is 12.9. The van der Waals surface area contributed by atoms with E-state index in [2.05, 4.69) is 38.1 Å². The zero-order chi connectivity index (χ0) is 14.4. The topological polar surface area (TPSA) is 35.2 Å². The summed E-state index contributed by atoms with van der Waals surface area (Å²) >= 11 is 0. The third-order valence-corrected chi connectivity index (χ3v) is 4.81. The minimum atomic E-state index is 0.0401. The minimum absolute atomic E-state index is 0.0401. The molecule has 0 radical (unpaired) electrons. The lowest BCUT2D eigenvalue weighted by atomic mass is 9.72. The van der Waals surface area contributed by atoms with E-state index in [4.69, 9.17) is 10.5 Å². The van der Waals surface area contributed by atoms with Crippen molar-refractivity contribution in [1.29, 1.82) is 0 Å². The zero-order valence-corrected chi connectivity index (χ0v) is 12.9. The second-order valence-electron chi connectivity index (χ2n) is 5.98. The molecule has 2 rings (SSSR count). The molecule has 2 N–H and O–H groups in total. The summed E-state index contributed by atoms with van der Waals surface area (Å²) in [5, 5.41) is 0. The Balaban J connectivity index is 2.15. The Morgan fingerprint density at radius 3 is 2.50 bits per heavy atom. The molecule has 1 fully saturated rings. The summed E-state index contributed by atoms with van der Waals surface area (Å²) in [4.78, 5) is 0. The highest BCUT2D eigenvalue weighted by atomic mass is 16.5. The van der Waals surface area contributed by atoms with Gasteiger partial charge < -0.3 is 10.5 Å². The predicted octanol–water partition coefficient (Wildman–Crippen LogP) is 4.31. The predicted molar refractivity (Wildman–Crippen MR) is 84.5 cm³/mol. The molecule has 1 aromatic rings. The van der Waals surface area contributed by atoms with E-state index in [1.54, 1.807) is 0 Å². The van der Waals surface area contributed by atoms with Crippen molar-refractivity contribution >= 4 is 0 Å². The van der Waals surface area contributed by atoms with Crippen LogP contribution in [-0.4, -0.2) is 12.6 Å². The number of rotatable bonds is 6. The number of ether oxygens (including phenoxy) is 1. The first kappa shape index (κ1) is 15.5. The SMILES string of the molecule is CCOC(c1ccccc1)C(N)C1CCCCC1CC. The van der Waals surface area contributed by atoms with Crippen molar-refractivity contribution in [2.75, 3.05) is 6.61 Å². The van der Waals surface area contributed by atoms with Crippen LogP contribution in [0.25, 0.3) is 0 Å². The Hall–Kier alpha value is -0.860. The molecule has 0 amide bonds. The van der Waals surface area contributed by atoms with Gasteiger partial charge in [-0.05, 0) is 30.7 Å². The molecular formula is C18H29NO. The standard InChI is InChI=1S/C18H29NO/c1-3-14-10-8-9-13-16(14)17(19)18(20-4-2)15-11-6-5-7-12-15/h5-7,11-12,14,16-18H,3-4,8-10,13,19H2,1-2H3. The van der Waals surface area contributed by atoms with Gasteiger partial charge >= 0.3 is 0 Å². The van der Waals surface area contributed by atoms with Gasteiger partial charge in [0, 0.05) is 12.6 Å². The van der Waals surface area contributed by atoms with Crippen molar-refractivity contribution in [3.63, 3.8) is 0 Å². The molecule has 0 aromatic heterocycles. The van der Waals surface area contributed by atoms with Gasteiger partial charge in [-0.3, -0.25) is 0 Å². The van der Waals surface area contributed by atoms with E-state index in [9.17, 15) is 0 Å². The van der Waals surface area contributed by atoms with E-state index in [1.165, 1.54) is 37.7 Å². The smallest absolute Gasteiger partial charge is 0.0978 e. The lowest BCUT2D eigenvalue weighted by Crippen LogP contribution is -2.42. The largest absolute Gasteiger partial charge is 0.372 e. The second-order valence-corrected chi connectivity index (χ2v) is 5.98. The van der Waals surface area contributed by atoms with Gasteiger partial charge in [-0.2, -0.15) is 0 Å². The van der Waals surface area contributed by atoms with E-state index in [1.807, 2.05) is 6.07 Å². The molecule has 20 heavy (non-hydrogen) atoms. The van der Waals surface area contributed by atoms with E-state index < -0.39 is 0 Å². The van der Waals surface area contributed by atoms with Crippen LogP contribution in [0.15, 0.2) is 30.3 Å². The number of hydrogen-bond acceptors (Lipinski definition) is 2. The van der Waals surface area contributed by atoms with Gasteiger partial charge in [0.25, 0.3) is 0 Å². The Bertz CT molecular complexity index is 378. The molecule has 4 unspecified atom stereocenters. The maximum Gasteiger partial charge on any atom is 0.0978 e.